The fourth-order valence-electron chi connectivity index (χ4n) is 1.80. The van der Waals surface area contributed by atoms with E-state index in [-0.39, 0.29) is 5.44 Å². The molecular formula is C14H12O2S. The van der Waals surface area contributed by atoms with E-state index >= 15 is 0 Å². The molecule has 1 atom stereocenters. The van der Waals surface area contributed by atoms with E-state index < -0.39 is 0 Å². The van der Waals surface area contributed by atoms with Crippen molar-refractivity contribution in [2.75, 3.05) is 7.11 Å². The van der Waals surface area contributed by atoms with Crippen molar-refractivity contribution in [3.63, 3.8) is 0 Å². The molecular weight excluding hydrogens is 232 g/mol. The van der Waals surface area contributed by atoms with Crippen molar-refractivity contribution in [3.05, 3.63) is 54.1 Å². The first kappa shape index (κ1) is 10.5. The first-order valence-electron chi connectivity index (χ1n) is 5.43. The third kappa shape index (κ3) is 1.98. The molecule has 3 rings (SSSR count). The van der Waals surface area contributed by atoms with E-state index in [0.29, 0.717) is 0 Å². The van der Waals surface area contributed by atoms with Crippen molar-refractivity contribution in [2.45, 2.75) is 10.3 Å². The lowest BCUT2D eigenvalue weighted by atomic mass is 10.2. The smallest absolute Gasteiger partial charge is 0.174 e. The molecule has 17 heavy (non-hydrogen) atoms. The predicted octanol–water partition coefficient (Wildman–Crippen LogP) is 3.88. The molecule has 0 saturated carbocycles. The van der Waals surface area contributed by atoms with Crippen molar-refractivity contribution in [2.24, 2.45) is 0 Å². The van der Waals surface area contributed by atoms with Crippen LogP contribution in [0.5, 0.6) is 11.5 Å². The molecule has 0 spiro atoms. The number of ether oxygens (including phenoxy) is 2. The molecule has 0 aliphatic carbocycles. The second-order valence-corrected chi connectivity index (χ2v) is 4.89. The molecule has 0 N–H and O–H groups in total. The van der Waals surface area contributed by atoms with Crippen LogP contribution >= 0.6 is 11.8 Å². The third-order valence-corrected chi connectivity index (χ3v) is 3.88. The minimum absolute atomic E-state index is 0.0540. The quantitative estimate of drug-likeness (QED) is 0.798. The van der Waals surface area contributed by atoms with Crippen LogP contribution in [0.15, 0.2) is 53.4 Å². The molecule has 0 aromatic heterocycles. The van der Waals surface area contributed by atoms with Crippen LogP contribution in [-0.2, 0) is 0 Å². The van der Waals surface area contributed by atoms with Crippen molar-refractivity contribution in [1.29, 1.82) is 0 Å². The first-order valence-corrected chi connectivity index (χ1v) is 6.31. The number of para-hydroxylation sites is 1. The van der Waals surface area contributed by atoms with E-state index in [2.05, 4.69) is 6.07 Å². The van der Waals surface area contributed by atoms with Crippen LogP contribution in [0, 0.1) is 0 Å². The molecule has 1 heterocycles. The van der Waals surface area contributed by atoms with Gasteiger partial charge in [-0.3, -0.25) is 0 Å². The lowest BCUT2D eigenvalue weighted by Gasteiger charge is -2.10. The average Bonchev–Trinajstić information content (AvgIpc) is 2.82. The van der Waals surface area contributed by atoms with Crippen molar-refractivity contribution >= 4 is 11.8 Å². The fraction of sp³-hybridized carbons (Fsp3) is 0.143. The molecule has 1 aliphatic rings. The number of methoxy groups -OCH3 is 1. The van der Waals surface area contributed by atoms with E-state index in [1.54, 1.807) is 18.9 Å². The third-order valence-electron chi connectivity index (χ3n) is 2.71. The molecule has 2 nitrogen and oxygen atoms in total. The number of rotatable bonds is 2. The zero-order chi connectivity index (χ0) is 11.7. The van der Waals surface area contributed by atoms with Gasteiger partial charge in [-0.1, -0.05) is 36.0 Å². The molecule has 2 aromatic rings. The number of hydrogen-bond acceptors (Lipinski definition) is 3. The number of thioether (sulfide) groups is 1. The standard InChI is InChI=1S/C14H12O2S/c1-15-11-8-6-10(7-9-11)14-16-12-4-2-3-5-13(12)17-14/h2-9,14H,1H3. The topological polar surface area (TPSA) is 18.5 Å². The van der Waals surface area contributed by atoms with E-state index in [9.17, 15) is 0 Å². The monoisotopic (exact) mass is 244 g/mol. The van der Waals surface area contributed by atoms with Gasteiger partial charge in [0.15, 0.2) is 5.44 Å². The summed E-state index contributed by atoms with van der Waals surface area (Å²) in [6.45, 7) is 0. The van der Waals surface area contributed by atoms with Gasteiger partial charge in [0, 0.05) is 5.56 Å². The van der Waals surface area contributed by atoms with Crippen LogP contribution in [0.1, 0.15) is 11.0 Å². The Morgan fingerprint density at radius 3 is 2.53 bits per heavy atom. The van der Waals surface area contributed by atoms with Gasteiger partial charge in [-0.25, -0.2) is 0 Å². The molecule has 0 radical (unpaired) electrons. The largest absolute Gasteiger partial charge is 0.497 e. The second-order valence-electron chi connectivity index (χ2n) is 3.79. The summed E-state index contributed by atoms with van der Waals surface area (Å²) in [5.41, 5.74) is 1.21. The lowest BCUT2D eigenvalue weighted by Crippen LogP contribution is -1.97. The van der Waals surface area contributed by atoms with Gasteiger partial charge in [-0.05, 0) is 24.3 Å². The van der Waals surface area contributed by atoms with E-state index in [0.717, 1.165) is 17.1 Å². The van der Waals surface area contributed by atoms with Gasteiger partial charge in [-0.15, -0.1) is 0 Å². The molecule has 1 aliphatic heterocycles. The summed E-state index contributed by atoms with van der Waals surface area (Å²) in [7, 11) is 1.67. The summed E-state index contributed by atoms with van der Waals surface area (Å²) in [6.07, 6.45) is 0. The fourth-order valence-corrected chi connectivity index (χ4v) is 2.86. The van der Waals surface area contributed by atoms with Crippen molar-refractivity contribution in [3.8, 4) is 11.5 Å². The van der Waals surface area contributed by atoms with Gasteiger partial charge in [0.2, 0.25) is 0 Å². The van der Waals surface area contributed by atoms with Crippen LogP contribution in [0.2, 0.25) is 0 Å². The van der Waals surface area contributed by atoms with Gasteiger partial charge in [0.05, 0.1) is 12.0 Å². The molecule has 0 saturated heterocycles. The summed E-state index contributed by atoms with van der Waals surface area (Å²) in [4.78, 5) is 1.20. The van der Waals surface area contributed by atoms with Crippen LogP contribution in [-0.4, -0.2) is 7.11 Å². The zero-order valence-corrected chi connectivity index (χ0v) is 10.2. The molecule has 0 fully saturated rings. The Morgan fingerprint density at radius 1 is 1.06 bits per heavy atom. The summed E-state index contributed by atoms with van der Waals surface area (Å²) in [5.74, 6) is 1.84. The normalized spacial score (nSPS) is 17.4. The highest BCUT2D eigenvalue weighted by atomic mass is 32.2. The maximum atomic E-state index is 5.89. The predicted molar refractivity (Wildman–Crippen MR) is 68.7 cm³/mol. The van der Waals surface area contributed by atoms with Gasteiger partial charge >= 0.3 is 0 Å². The van der Waals surface area contributed by atoms with Crippen molar-refractivity contribution < 1.29 is 9.47 Å². The van der Waals surface area contributed by atoms with Gasteiger partial charge in [0.25, 0.3) is 0 Å². The molecule has 1 unspecified atom stereocenters. The number of hydrogen-bond donors (Lipinski definition) is 0. The van der Waals surface area contributed by atoms with Crippen LogP contribution in [0.3, 0.4) is 0 Å². The van der Waals surface area contributed by atoms with Gasteiger partial charge in [-0.2, -0.15) is 0 Å². The number of benzene rings is 2. The lowest BCUT2D eigenvalue weighted by molar-refractivity contribution is 0.302. The maximum Gasteiger partial charge on any atom is 0.174 e. The summed E-state index contributed by atoms with van der Waals surface area (Å²) in [6, 6.07) is 16.1. The zero-order valence-electron chi connectivity index (χ0n) is 9.42. The van der Waals surface area contributed by atoms with Crippen LogP contribution in [0.25, 0.3) is 0 Å². The molecule has 2 aromatic carbocycles. The highest BCUT2D eigenvalue weighted by Gasteiger charge is 2.24. The average molecular weight is 244 g/mol. The Labute approximate surface area is 105 Å². The Bertz CT molecular complexity index is 497. The molecule has 3 heteroatoms. The highest BCUT2D eigenvalue weighted by molar-refractivity contribution is 7.99. The maximum absolute atomic E-state index is 5.89. The SMILES string of the molecule is COc1ccc(C2Oc3ccccc3S2)cc1. The minimum Gasteiger partial charge on any atom is -0.497 e. The van der Waals surface area contributed by atoms with Gasteiger partial charge in [0.1, 0.15) is 11.5 Å². The van der Waals surface area contributed by atoms with E-state index in [1.807, 2.05) is 42.5 Å². The molecule has 0 bridgehead atoms. The van der Waals surface area contributed by atoms with Crippen LogP contribution < -0.4 is 9.47 Å². The van der Waals surface area contributed by atoms with Gasteiger partial charge < -0.3 is 9.47 Å². The Hall–Kier alpha value is -1.61. The second kappa shape index (κ2) is 4.34. The molecule has 86 valence electrons. The number of fused-ring (bicyclic) bond motifs is 1. The van der Waals surface area contributed by atoms with E-state index in [1.165, 1.54) is 4.90 Å². The Morgan fingerprint density at radius 2 is 1.82 bits per heavy atom. The summed E-state index contributed by atoms with van der Waals surface area (Å²) >= 11 is 1.74. The Kier molecular flexibility index (Phi) is 2.69. The molecule has 0 amide bonds. The van der Waals surface area contributed by atoms with E-state index in [4.69, 9.17) is 9.47 Å². The highest BCUT2D eigenvalue weighted by Crippen LogP contribution is 2.48. The summed E-state index contributed by atoms with van der Waals surface area (Å²) in [5, 5.41) is 0. The Balaban J connectivity index is 1.83. The first-order chi connectivity index (χ1) is 8.36. The summed E-state index contributed by atoms with van der Waals surface area (Å²) < 4.78 is 11.0. The minimum atomic E-state index is 0.0540. The van der Waals surface area contributed by atoms with Crippen molar-refractivity contribution in [1.82, 2.24) is 0 Å². The van der Waals surface area contributed by atoms with Crippen LogP contribution in [0.4, 0.5) is 0 Å².